The Morgan fingerprint density at radius 3 is 2.65 bits per heavy atom. The van der Waals surface area contributed by atoms with Crippen LogP contribution in [0.3, 0.4) is 0 Å². The molecule has 23 heavy (non-hydrogen) atoms. The van der Waals surface area contributed by atoms with Gasteiger partial charge in [0.15, 0.2) is 6.29 Å². The zero-order valence-electron chi connectivity index (χ0n) is 13.8. The molecule has 0 aliphatic carbocycles. The maximum Gasteiger partial charge on any atom is 0.184 e. The Hall–Kier alpha value is -1.27. The van der Waals surface area contributed by atoms with Gasteiger partial charge in [0, 0.05) is 18.4 Å². The van der Waals surface area contributed by atoms with Gasteiger partial charge in [0.05, 0.1) is 24.4 Å². The summed E-state index contributed by atoms with van der Waals surface area (Å²) >= 11 is 0. The molecule has 0 amide bonds. The van der Waals surface area contributed by atoms with Crippen LogP contribution in [-0.2, 0) is 19.0 Å². The Morgan fingerprint density at radius 2 is 2.00 bits per heavy atom. The summed E-state index contributed by atoms with van der Waals surface area (Å²) in [6.07, 6.45) is -0.885. The van der Waals surface area contributed by atoms with Crippen LogP contribution >= 0.6 is 0 Å². The van der Waals surface area contributed by atoms with Crippen molar-refractivity contribution in [3.8, 4) is 0 Å². The van der Waals surface area contributed by atoms with Crippen LogP contribution in [-0.4, -0.2) is 40.9 Å². The quantitative estimate of drug-likeness (QED) is 0.926. The molecule has 0 unspecified atom stereocenters. The monoisotopic (exact) mass is 320 g/mol. The van der Waals surface area contributed by atoms with E-state index < -0.39 is 23.6 Å². The highest BCUT2D eigenvalue weighted by Crippen LogP contribution is 2.44. The predicted molar refractivity (Wildman–Crippen MR) is 83.8 cm³/mol. The van der Waals surface area contributed by atoms with Gasteiger partial charge in [-0.3, -0.25) is 4.79 Å². The van der Waals surface area contributed by atoms with Crippen molar-refractivity contribution in [2.75, 3.05) is 6.61 Å². The summed E-state index contributed by atoms with van der Waals surface area (Å²) in [6.45, 7) is 5.57. The number of Topliss-reactive ketones (excluding diaryl/α,β-unsaturated/α-hetero) is 1. The third-order valence-corrected chi connectivity index (χ3v) is 4.77. The van der Waals surface area contributed by atoms with Crippen LogP contribution in [0.1, 0.15) is 45.5 Å². The van der Waals surface area contributed by atoms with Crippen LogP contribution in [0.5, 0.6) is 0 Å². The minimum absolute atomic E-state index is 0.00610. The zero-order valence-corrected chi connectivity index (χ0v) is 13.8. The molecule has 0 bridgehead atoms. The molecule has 5 atom stereocenters. The Balaban J connectivity index is 1.77. The van der Waals surface area contributed by atoms with Gasteiger partial charge >= 0.3 is 0 Å². The second-order valence-corrected chi connectivity index (χ2v) is 7.04. The van der Waals surface area contributed by atoms with Crippen molar-refractivity contribution in [2.45, 2.75) is 63.3 Å². The molecule has 2 aliphatic heterocycles. The third-order valence-electron chi connectivity index (χ3n) is 4.77. The standard InChI is InChI=1S/C18H24O5/c1-12(19)10-17(2)14(20)9-15-18(3,23-17)11-21-16(22-15)13-7-5-4-6-8-13/h4-8,14-16,20H,9-11H2,1-3H3/t14-,15+,16-,17+,18-/m1/s1. The molecule has 0 saturated carbocycles. The van der Waals surface area contributed by atoms with Gasteiger partial charge in [-0.05, 0) is 20.8 Å². The number of ether oxygens (including phenoxy) is 3. The number of aliphatic hydroxyl groups excluding tert-OH is 1. The first-order valence-corrected chi connectivity index (χ1v) is 8.02. The molecule has 0 spiro atoms. The number of carbonyl (C=O) groups excluding carboxylic acids is 1. The van der Waals surface area contributed by atoms with Gasteiger partial charge in [-0.15, -0.1) is 0 Å². The Bertz CT molecular complexity index is 574. The maximum atomic E-state index is 11.5. The summed E-state index contributed by atoms with van der Waals surface area (Å²) < 4.78 is 18.1. The maximum absolute atomic E-state index is 11.5. The molecule has 2 heterocycles. The van der Waals surface area contributed by atoms with E-state index in [-0.39, 0.29) is 18.3 Å². The van der Waals surface area contributed by atoms with Gasteiger partial charge in [0.2, 0.25) is 0 Å². The highest BCUT2D eigenvalue weighted by Gasteiger charge is 2.55. The lowest BCUT2D eigenvalue weighted by Gasteiger charge is -2.54. The molecule has 5 nitrogen and oxygen atoms in total. The summed E-state index contributed by atoms with van der Waals surface area (Å²) in [5.41, 5.74) is -0.626. The van der Waals surface area contributed by atoms with Gasteiger partial charge in [0.1, 0.15) is 11.4 Å². The van der Waals surface area contributed by atoms with Gasteiger partial charge in [0.25, 0.3) is 0 Å². The largest absolute Gasteiger partial charge is 0.390 e. The van der Waals surface area contributed by atoms with Gasteiger partial charge < -0.3 is 19.3 Å². The van der Waals surface area contributed by atoms with E-state index in [1.165, 1.54) is 6.92 Å². The lowest BCUT2D eigenvalue weighted by Crippen LogP contribution is -2.65. The van der Waals surface area contributed by atoms with Gasteiger partial charge in [-0.1, -0.05) is 30.3 Å². The Morgan fingerprint density at radius 1 is 1.30 bits per heavy atom. The first-order valence-electron chi connectivity index (χ1n) is 8.02. The van der Waals surface area contributed by atoms with E-state index in [0.29, 0.717) is 13.0 Å². The third kappa shape index (κ3) is 3.19. The van der Waals surface area contributed by atoms with Crippen molar-refractivity contribution in [3.63, 3.8) is 0 Å². The molecule has 126 valence electrons. The fourth-order valence-electron chi connectivity index (χ4n) is 3.55. The molecule has 1 aromatic rings. The van der Waals surface area contributed by atoms with Crippen LogP contribution < -0.4 is 0 Å². The molecule has 2 saturated heterocycles. The van der Waals surface area contributed by atoms with Gasteiger partial charge in [-0.25, -0.2) is 0 Å². The summed E-state index contributed by atoms with van der Waals surface area (Å²) in [4.78, 5) is 11.5. The molecule has 1 aromatic carbocycles. The van der Waals surface area contributed by atoms with Crippen LogP contribution in [0.25, 0.3) is 0 Å². The molecule has 0 aromatic heterocycles. The first-order chi connectivity index (χ1) is 10.8. The fraction of sp³-hybridized carbons (Fsp3) is 0.611. The predicted octanol–water partition coefficient (Wildman–Crippen LogP) is 2.38. The molecular weight excluding hydrogens is 296 g/mol. The summed E-state index contributed by atoms with van der Waals surface area (Å²) in [5, 5.41) is 10.5. The van der Waals surface area contributed by atoms with Crippen LogP contribution in [0.2, 0.25) is 0 Å². The van der Waals surface area contributed by atoms with Crippen LogP contribution in [0, 0.1) is 0 Å². The van der Waals surface area contributed by atoms with E-state index in [9.17, 15) is 9.90 Å². The molecular formula is C18H24O5. The molecule has 2 aliphatic rings. The van der Waals surface area contributed by atoms with E-state index >= 15 is 0 Å². The normalized spacial score (nSPS) is 40.4. The number of rotatable bonds is 3. The summed E-state index contributed by atoms with van der Waals surface area (Å²) in [5.74, 6) is -0.00610. The molecule has 2 fully saturated rings. The highest BCUT2D eigenvalue weighted by molar-refractivity contribution is 5.76. The highest BCUT2D eigenvalue weighted by atomic mass is 16.7. The smallest absolute Gasteiger partial charge is 0.184 e. The Kier molecular flexibility index (Phi) is 4.31. The van der Waals surface area contributed by atoms with E-state index in [1.54, 1.807) is 6.92 Å². The SMILES string of the molecule is CC(=O)C[C@]1(C)O[C@]2(C)CO[C@@H](c3ccccc3)O[C@H]2C[C@H]1O. The van der Waals surface area contributed by atoms with Crippen LogP contribution in [0.4, 0.5) is 0 Å². The minimum atomic E-state index is -0.899. The second kappa shape index (κ2) is 5.98. The van der Waals surface area contributed by atoms with Crippen molar-refractivity contribution < 1.29 is 24.1 Å². The average molecular weight is 320 g/mol. The molecule has 5 heteroatoms. The Labute approximate surface area is 136 Å². The van der Waals surface area contributed by atoms with Crippen molar-refractivity contribution in [2.24, 2.45) is 0 Å². The number of hydrogen-bond acceptors (Lipinski definition) is 5. The summed E-state index contributed by atoms with van der Waals surface area (Å²) in [6, 6.07) is 9.72. The van der Waals surface area contributed by atoms with Crippen molar-refractivity contribution >= 4 is 5.78 Å². The number of fused-ring (bicyclic) bond motifs is 1. The first kappa shape index (κ1) is 16.6. The lowest BCUT2D eigenvalue weighted by atomic mass is 9.80. The minimum Gasteiger partial charge on any atom is -0.390 e. The van der Waals surface area contributed by atoms with Crippen molar-refractivity contribution in [1.29, 1.82) is 0 Å². The van der Waals surface area contributed by atoms with Crippen LogP contribution in [0.15, 0.2) is 30.3 Å². The molecule has 3 rings (SSSR count). The summed E-state index contributed by atoms with van der Waals surface area (Å²) in [7, 11) is 0. The van der Waals surface area contributed by atoms with E-state index in [4.69, 9.17) is 14.2 Å². The average Bonchev–Trinajstić information content (AvgIpc) is 2.48. The number of benzene rings is 1. The number of aliphatic hydroxyl groups is 1. The van der Waals surface area contributed by atoms with E-state index in [1.807, 2.05) is 37.3 Å². The molecule has 0 radical (unpaired) electrons. The zero-order chi connectivity index (χ0) is 16.7. The number of carbonyl (C=O) groups is 1. The van der Waals surface area contributed by atoms with E-state index in [2.05, 4.69) is 0 Å². The van der Waals surface area contributed by atoms with Crippen molar-refractivity contribution in [1.82, 2.24) is 0 Å². The van der Waals surface area contributed by atoms with E-state index in [0.717, 1.165) is 5.56 Å². The van der Waals surface area contributed by atoms with Gasteiger partial charge in [-0.2, -0.15) is 0 Å². The topological polar surface area (TPSA) is 65.0 Å². The number of ketones is 1. The molecule has 1 N–H and O–H groups in total. The lowest BCUT2D eigenvalue weighted by molar-refractivity contribution is -0.356. The number of hydrogen-bond donors (Lipinski definition) is 1. The fourth-order valence-corrected chi connectivity index (χ4v) is 3.55. The van der Waals surface area contributed by atoms with Crippen molar-refractivity contribution in [3.05, 3.63) is 35.9 Å². The second-order valence-electron chi connectivity index (χ2n) is 7.04.